The van der Waals surface area contributed by atoms with Gasteiger partial charge in [-0.3, -0.25) is 0 Å². The first-order chi connectivity index (χ1) is 9.51. The van der Waals surface area contributed by atoms with Crippen LogP contribution in [0.1, 0.15) is 25.8 Å². The molecule has 1 aromatic rings. The molecule has 2 N–H and O–H groups in total. The van der Waals surface area contributed by atoms with E-state index in [0.717, 1.165) is 32.5 Å². The second-order valence-corrected chi connectivity index (χ2v) is 6.82. The van der Waals surface area contributed by atoms with Crippen LogP contribution in [0.5, 0.6) is 0 Å². The maximum atomic E-state index is 6.04. The van der Waals surface area contributed by atoms with Gasteiger partial charge in [0.05, 0.1) is 5.69 Å². The van der Waals surface area contributed by atoms with Crippen LogP contribution in [0.25, 0.3) is 0 Å². The Balaban J connectivity index is 2.13. The smallest absolute Gasteiger partial charge is 0.0514 e. The lowest BCUT2D eigenvalue weighted by atomic mass is 10.0. The monoisotopic (exact) mass is 339 g/mol. The van der Waals surface area contributed by atoms with Gasteiger partial charge in [0, 0.05) is 36.2 Å². The van der Waals surface area contributed by atoms with E-state index < -0.39 is 0 Å². The van der Waals surface area contributed by atoms with E-state index in [-0.39, 0.29) is 6.04 Å². The summed E-state index contributed by atoms with van der Waals surface area (Å²) in [5, 5.41) is 0. The van der Waals surface area contributed by atoms with Crippen LogP contribution in [0.3, 0.4) is 0 Å². The Morgan fingerprint density at radius 2 is 2.15 bits per heavy atom. The zero-order valence-corrected chi connectivity index (χ0v) is 14.4. The van der Waals surface area contributed by atoms with E-state index in [1.54, 1.807) is 0 Å². The van der Waals surface area contributed by atoms with Gasteiger partial charge in [0.2, 0.25) is 0 Å². The summed E-state index contributed by atoms with van der Waals surface area (Å²) in [5.74, 6) is 0. The third kappa shape index (κ3) is 3.74. The Morgan fingerprint density at radius 3 is 2.75 bits per heavy atom. The summed E-state index contributed by atoms with van der Waals surface area (Å²) in [6.07, 6.45) is 1.97. The Kier molecular flexibility index (Phi) is 5.47. The molecule has 0 amide bonds. The van der Waals surface area contributed by atoms with Crippen LogP contribution in [-0.4, -0.2) is 43.7 Å². The Labute approximate surface area is 131 Å². The van der Waals surface area contributed by atoms with Crippen LogP contribution in [0.2, 0.25) is 0 Å². The Hall–Kier alpha value is -0.580. The molecule has 1 aromatic carbocycles. The number of piperazine rings is 1. The second-order valence-electron chi connectivity index (χ2n) is 5.96. The largest absolute Gasteiger partial charge is 0.365 e. The number of halogens is 1. The van der Waals surface area contributed by atoms with Crippen molar-refractivity contribution in [1.29, 1.82) is 0 Å². The van der Waals surface area contributed by atoms with Crippen LogP contribution in [0.4, 0.5) is 5.69 Å². The summed E-state index contributed by atoms with van der Waals surface area (Å²) in [5.41, 5.74) is 8.66. The van der Waals surface area contributed by atoms with Crippen molar-refractivity contribution in [3.63, 3.8) is 0 Å². The van der Waals surface area contributed by atoms with E-state index >= 15 is 0 Å². The SMILES string of the molecule is CCC(N)Cc1ccc(N2CCN(C)CC2C)c(Br)c1. The van der Waals surface area contributed by atoms with Gasteiger partial charge in [0.1, 0.15) is 0 Å². The number of nitrogens with zero attached hydrogens (tertiary/aromatic N) is 2. The molecule has 1 fully saturated rings. The molecule has 3 nitrogen and oxygen atoms in total. The van der Waals surface area contributed by atoms with E-state index in [4.69, 9.17) is 5.73 Å². The molecule has 20 heavy (non-hydrogen) atoms. The van der Waals surface area contributed by atoms with Crippen molar-refractivity contribution in [3.8, 4) is 0 Å². The molecule has 0 radical (unpaired) electrons. The van der Waals surface area contributed by atoms with Crippen molar-refractivity contribution in [2.45, 2.75) is 38.8 Å². The van der Waals surface area contributed by atoms with Gasteiger partial charge < -0.3 is 15.5 Å². The second kappa shape index (κ2) is 6.92. The number of nitrogens with two attached hydrogens (primary N) is 1. The third-order valence-corrected chi connectivity index (χ3v) is 4.81. The van der Waals surface area contributed by atoms with Crippen LogP contribution >= 0.6 is 15.9 Å². The molecule has 4 heteroatoms. The molecule has 1 heterocycles. The summed E-state index contributed by atoms with van der Waals surface area (Å²) >= 11 is 3.74. The highest BCUT2D eigenvalue weighted by Crippen LogP contribution is 2.30. The minimum Gasteiger partial charge on any atom is -0.365 e. The van der Waals surface area contributed by atoms with Crippen molar-refractivity contribution in [3.05, 3.63) is 28.2 Å². The molecule has 0 aromatic heterocycles. The van der Waals surface area contributed by atoms with Crippen molar-refractivity contribution in [1.82, 2.24) is 4.90 Å². The average molecular weight is 340 g/mol. The summed E-state index contributed by atoms with van der Waals surface area (Å²) < 4.78 is 1.19. The maximum absolute atomic E-state index is 6.04. The summed E-state index contributed by atoms with van der Waals surface area (Å²) in [4.78, 5) is 4.89. The number of anilines is 1. The number of hydrogen-bond acceptors (Lipinski definition) is 3. The van der Waals surface area contributed by atoms with Crippen LogP contribution < -0.4 is 10.6 Å². The zero-order chi connectivity index (χ0) is 14.7. The fourth-order valence-electron chi connectivity index (χ4n) is 2.86. The van der Waals surface area contributed by atoms with E-state index in [0.29, 0.717) is 6.04 Å². The van der Waals surface area contributed by atoms with Gasteiger partial charge in [0.15, 0.2) is 0 Å². The topological polar surface area (TPSA) is 32.5 Å². The van der Waals surface area contributed by atoms with E-state index in [2.05, 4.69) is 64.8 Å². The first-order valence-electron chi connectivity index (χ1n) is 7.50. The molecule has 1 aliphatic rings. The fourth-order valence-corrected chi connectivity index (χ4v) is 3.51. The van der Waals surface area contributed by atoms with Crippen LogP contribution in [0.15, 0.2) is 22.7 Å². The van der Waals surface area contributed by atoms with Crippen molar-refractivity contribution >= 4 is 21.6 Å². The molecule has 2 rings (SSSR count). The summed E-state index contributed by atoms with van der Waals surface area (Å²) in [6, 6.07) is 7.50. The number of likely N-dealkylation sites (N-methyl/N-ethyl adjacent to an activating group) is 1. The van der Waals surface area contributed by atoms with Gasteiger partial charge in [-0.15, -0.1) is 0 Å². The minimum absolute atomic E-state index is 0.260. The van der Waals surface area contributed by atoms with Gasteiger partial charge in [-0.05, 0) is 60.4 Å². The van der Waals surface area contributed by atoms with Crippen molar-refractivity contribution in [2.75, 3.05) is 31.6 Å². The first-order valence-corrected chi connectivity index (χ1v) is 8.29. The highest BCUT2D eigenvalue weighted by Gasteiger charge is 2.23. The molecule has 0 bridgehead atoms. The highest BCUT2D eigenvalue weighted by atomic mass is 79.9. The lowest BCUT2D eigenvalue weighted by molar-refractivity contribution is 0.275. The standard InChI is InChI=1S/C16H26BrN3/c1-4-14(18)9-13-5-6-16(15(17)10-13)20-8-7-19(3)11-12(20)2/h5-6,10,12,14H,4,7-9,11,18H2,1-3H3. The predicted molar refractivity (Wildman–Crippen MR) is 90.4 cm³/mol. The number of hydrogen-bond donors (Lipinski definition) is 1. The fraction of sp³-hybridized carbons (Fsp3) is 0.625. The van der Waals surface area contributed by atoms with Crippen molar-refractivity contribution < 1.29 is 0 Å². The van der Waals surface area contributed by atoms with Gasteiger partial charge in [-0.1, -0.05) is 13.0 Å². The number of benzene rings is 1. The molecule has 1 aliphatic heterocycles. The Bertz CT molecular complexity index is 449. The normalized spacial score (nSPS) is 22.1. The Morgan fingerprint density at radius 1 is 1.40 bits per heavy atom. The molecule has 2 unspecified atom stereocenters. The molecular formula is C16H26BrN3. The zero-order valence-electron chi connectivity index (χ0n) is 12.8. The van der Waals surface area contributed by atoms with E-state index in [1.807, 2.05) is 0 Å². The van der Waals surface area contributed by atoms with E-state index in [9.17, 15) is 0 Å². The molecule has 0 spiro atoms. The average Bonchev–Trinajstić information content (AvgIpc) is 2.40. The van der Waals surface area contributed by atoms with Gasteiger partial charge in [0.25, 0.3) is 0 Å². The lowest BCUT2D eigenvalue weighted by Gasteiger charge is -2.40. The number of rotatable bonds is 4. The quantitative estimate of drug-likeness (QED) is 0.915. The van der Waals surface area contributed by atoms with Gasteiger partial charge in [-0.25, -0.2) is 0 Å². The molecule has 0 aliphatic carbocycles. The summed E-state index contributed by atoms with van der Waals surface area (Å²) in [6.45, 7) is 7.77. The lowest BCUT2D eigenvalue weighted by Crippen LogP contribution is -2.50. The van der Waals surface area contributed by atoms with Gasteiger partial charge in [-0.2, -0.15) is 0 Å². The van der Waals surface area contributed by atoms with Crippen molar-refractivity contribution in [2.24, 2.45) is 5.73 Å². The highest BCUT2D eigenvalue weighted by molar-refractivity contribution is 9.10. The van der Waals surface area contributed by atoms with Gasteiger partial charge >= 0.3 is 0 Å². The van der Waals surface area contributed by atoms with E-state index in [1.165, 1.54) is 15.7 Å². The first kappa shape index (κ1) is 15.8. The summed E-state index contributed by atoms with van der Waals surface area (Å²) in [7, 11) is 2.19. The molecule has 0 saturated carbocycles. The molecular weight excluding hydrogens is 314 g/mol. The molecule has 112 valence electrons. The van der Waals surface area contributed by atoms with Crippen LogP contribution in [-0.2, 0) is 6.42 Å². The third-order valence-electron chi connectivity index (χ3n) is 4.17. The predicted octanol–water partition coefficient (Wildman–Crippen LogP) is 2.87. The molecule has 2 atom stereocenters. The van der Waals surface area contributed by atoms with Crippen LogP contribution in [0, 0.1) is 0 Å². The maximum Gasteiger partial charge on any atom is 0.0514 e. The minimum atomic E-state index is 0.260. The molecule has 1 saturated heterocycles.